The molecule has 1 heterocycles. The maximum Gasteiger partial charge on any atom is 0.208 e. The molecule has 1 aromatic heterocycles. The molecule has 0 N–H and O–H groups in total. The quantitative estimate of drug-likeness (QED) is 0.634. The molecule has 0 unspecified atom stereocenters. The Kier molecular flexibility index (Phi) is 2.70. The number of carbonyl (C=O) groups is 1. The summed E-state index contributed by atoms with van der Waals surface area (Å²) in [5, 5.41) is 0. The molecule has 0 atom stereocenters. The van der Waals surface area contributed by atoms with Crippen LogP contribution in [-0.2, 0) is 7.05 Å². The second-order valence-electron chi connectivity index (χ2n) is 2.22. The molecular weight excluding hydrogens is 160 g/mol. The van der Waals surface area contributed by atoms with Crippen LogP contribution in [-0.4, -0.2) is 27.3 Å². The lowest BCUT2D eigenvalue weighted by atomic mass is 10.4. The maximum absolute atomic E-state index is 11.2. The number of hydrogen-bond acceptors (Lipinski definition) is 3. The predicted molar refractivity (Wildman–Crippen MR) is 45.9 cm³/mol. The van der Waals surface area contributed by atoms with Crippen LogP contribution in [0.4, 0.5) is 0 Å². The van der Waals surface area contributed by atoms with Crippen LogP contribution in [0.3, 0.4) is 0 Å². The minimum absolute atomic E-state index is 0.0880. The number of aryl methyl sites for hydroxylation is 1. The van der Waals surface area contributed by atoms with Crippen molar-refractivity contribution < 1.29 is 4.79 Å². The maximum atomic E-state index is 11.2. The van der Waals surface area contributed by atoms with Gasteiger partial charge in [-0.25, -0.2) is 4.98 Å². The van der Waals surface area contributed by atoms with Gasteiger partial charge in [0, 0.05) is 19.4 Å². The van der Waals surface area contributed by atoms with Crippen LogP contribution in [0.25, 0.3) is 0 Å². The molecule has 0 radical (unpaired) electrons. The Hall–Kier alpha value is -0.770. The number of thioether (sulfide) groups is 1. The summed E-state index contributed by atoms with van der Waals surface area (Å²) < 4.78 is 1.73. The van der Waals surface area contributed by atoms with Crippen molar-refractivity contribution in [3.05, 3.63) is 18.2 Å². The van der Waals surface area contributed by atoms with E-state index in [0.29, 0.717) is 11.6 Å². The zero-order valence-electron chi connectivity index (χ0n) is 6.57. The summed E-state index contributed by atoms with van der Waals surface area (Å²) in [5.74, 6) is 1.13. The number of nitrogens with zero attached hydrogens (tertiary/aromatic N) is 2. The first-order chi connectivity index (χ1) is 5.25. The number of rotatable bonds is 3. The van der Waals surface area contributed by atoms with E-state index in [1.54, 1.807) is 17.0 Å². The van der Waals surface area contributed by atoms with E-state index in [4.69, 9.17) is 0 Å². The van der Waals surface area contributed by atoms with Crippen molar-refractivity contribution in [1.29, 1.82) is 0 Å². The lowest BCUT2D eigenvalue weighted by Crippen LogP contribution is -2.09. The molecule has 60 valence electrons. The first-order valence-electron chi connectivity index (χ1n) is 3.25. The van der Waals surface area contributed by atoms with Crippen molar-refractivity contribution in [2.24, 2.45) is 7.05 Å². The predicted octanol–water partition coefficient (Wildman–Crippen LogP) is 0.966. The van der Waals surface area contributed by atoms with Crippen molar-refractivity contribution in [3.63, 3.8) is 0 Å². The van der Waals surface area contributed by atoms with E-state index in [2.05, 4.69) is 4.98 Å². The number of aromatic nitrogens is 2. The monoisotopic (exact) mass is 170 g/mol. The average Bonchev–Trinajstić information content (AvgIpc) is 2.36. The third-order valence-corrected chi connectivity index (χ3v) is 1.90. The van der Waals surface area contributed by atoms with Gasteiger partial charge in [-0.2, -0.15) is 11.8 Å². The number of ketones is 1. The Labute approximate surface area is 69.8 Å². The smallest absolute Gasteiger partial charge is 0.208 e. The first kappa shape index (κ1) is 8.33. The van der Waals surface area contributed by atoms with Gasteiger partial charge in [-0.3, -0.25) is 4.79 Å². The highest BCUT2D eigenvalue weighted by atomic mass is 32.2. The van der Waals surface area contributed by atoms with Crippen molar-refractivity contribution >= 4 is 17.5 Å². The van der Waals surface area contributed by atoms with Crippen molar-refractivity contribution in [3.8, 4) is 0 Å². The Balaban J connectivity index is 2.76. The highest BCUT2D eigenvalue weighted by Crippen LogP contribution is 2.01. The Morgan fingerprint density at radius 1 is 1.82 bits per heavy atom. The molecule has 11 heavy (non-hydrogen) atoms. The van der Waals surface area contributed by atoms with Gasteiger partial charge in [0.25, 0.3) is 0 Å². The van der Waals surface area contributed by atoms with Gasteiger partial charge in [0.2, 0.25) is 5.78 Å². The van der Waals surface area contributed by atoms with Crippen LogP contribution >= 0.6 is 11.8 Å². The molecule has 3 nitrogen and oxygen atoms in total. The highest BCUT2D eigenvalue weighted by Gasteiger charge is 2.08. The van der Waals surface area contributed by atoms with Gasteiger partial charge in [-0.05, 0) is 6.26 Å². The normalized spacial score (nSPS) is 10.0. The number of hydrogen-bond donors (Lipinski definition) is 0. The van der Waals surface area contributed by atoms with Crippen LogP contribution in [0.5, 0.6) is 0 Å². The van der Waals surface area contributed by atoms with Crippen LogP contribution in [0.2, 0.25) is 0 Å². The van der Waals surface area contributed by atoms with Crippen LogP contribution in [0.15, 0.2) is 12.4 Å². The van der Waals surface area contributed by atoms with Gasteiger partial charge in [0.05, 0.1) is 5.75 Å². The van der Waals surface area contributed by atoms with Crippen molar-refractivity contribution in [2.45, 2.75) is 0 Å². The molecule has 0 amide bonds. The summed E-state index contributed by atoms with van der Waals surface area (Å²) in [6.07, 6.45) is 5.31. The van der Waals surface area contributed by atoms with E-state index in [1.165, 1.54) is 11.8 Å². The topological polar surface area (TPSA) is 34.9 Å². The summed E-state index contributed by atoms with van der Waals surface area (Å²) in [5.41, 5.74) is 0. The van der Waals surface area contributed by atoms with Crippen LogP contribution in [0.1, 0.15) is 10.6 Å². The lowest BCUT2D eigenvalue weighted by molar-refractivity contribution is 0.101. The van der Waals surface area contributed by atoms with Gasteiger partial charge in [-0.15, -0.1) is 0 Å². The molecular formula is C7H10N2OS. The molecule has 4 heteroatoms. The fourth-order valence-electron chi connectivity index (χ4n) is 0.830. The molecule has 0 spiro atoms. The van der Waals surface area contributed by atoms with E-state index in [0.717, 1.165) is 0 Å². The van der Waals surface area contributed by atoms with Gasteiger partial charge < -0.3 is 4.57 Å². The summed E-state index contributed by atoms with van der Waals surface area (Å²) in [6, 6.07) is 0. The molecule has 0 bridgehead atoms. The van der Waals surface area contributed by atoms with Crippen molar-refractivity contribution in [1.82, 2.24) is 9.55 Å². The lowest BCUT2D eigenvalue weighted by Gasteiger charge is -1.97. The highest BCUT2D eigenvalue weighted by molar-refractivity contribution is 7.99. The SMILES string of the molecule is CSCC(=O)c1nccn1C. The van der Waals surface area contributed by atoms with Crippen LogP contribution in [0, 0.1) is 0 Å². The molecule has 0 aliphatic heterocycles. The van der Waals surface area contributed by atoms with E-state index < -0.39 is 0 Å². The van der Waals surface area contributed by atoms with Gasteiger partial charge in [0.15, 0.2) is 5.82 Å². The second kappa shape index (κ2) is 3.57. The largest absolute Gasteiger partial charge is 0.332 e. The van der Waals surface area contributed by atoms with Gasteiger partial charge in [-0.1, -0.05) is 0 Å². The fourth-order valence-corrected chi connectivity index (χ4v) is 1.22. The number of imidazole rings is 1. The van der Waals surface area contributed by atoms with Gasteiger partial charge in [0.1, 0.15) is 0 Å². The number of carbonyl (C=O) groups excluding carboxylic acids is 1. The molecule has 0 aliphatic rings. The van der Waals surface area contributed by atoms with E-state index in [1.807, 2.05) is 13.3 Å². The zero-order valence-corrected chi connectivity index (χ0v) is 7.39. The molecule has 0 saturated heterocycles. The molecule has 0 fully saturated rings. The second-order valence-corrected chi connectivity index (χ2v) is 3.08. The van der Waals surface area contributed by atoms with E-state index in [-0.39, 0.29) is 5.78 Å². The average molecular weight is 170 g/mol. The summed E-state index contributed by atoms with van der Waals surface area (Å²) in [7, 11) is 1.82. The summed E-state index contributed by atoms with van der Waals surface area (Å²) in [4.78, 5) is 15.2. The molecule has 0 aliphatic carbocycles. The minimum Gasteiger partial charge on any atom is -0.332 e. The third-order valence-electron chi connectivity index (χ3n) is 1.35. The summed E-state index contributed by atoms with van der Waals surface area (Å²) in [6.45, 7) is 0. The fraction of sp³-hybridized carbons (Fsp3) is 0.429. The molecule has 0 aromatic carbocycles. The Bertz CT molecular complexity index is 257. The first-order valence-corrected chi connectivity index (χ1v) is 4.64. The third kappa shape index (κ3) is 1.83. The Morgan fingerprint density at radius 3 is 3.00 bits per heavy atom. The van der Waals surface area contributed by atoms with Crippen LogP contribution < -0.4 is 0 Å². The summed E-state index contributed by atoms with van der Waals surface area (Å²) >= 11 is 1.51. The molecule has 1 aromatic rings. The minimum atomic E-state index is 0.0880. The molecule has 1 rings (SSSR count). The number of Topliss-reactive ketones (excluding diaryl/α,β-unsaturated/α-hetero) is 1. The van der Waals surface area contributed by atoms with Crippen molar-refractivity contribution in [2.75, 3.05) is 12.0 Å². The zero-order chi connectivity index (χ0) is 8.27. The van der Waals surface area contributed by atoms with E-state index >= 15 is 0 Å². The van der Waals surface area contributed by atoms with E-state index in [9.17, 15) is 4.79 Å². The Morgan fingerprint density at radius 2 is 2.55 bits per heavy atom. The van der Waals surface area contributed by atoms with Gasteiger partial charge >= 0.3 is 0 Å². The standard InChI is InChI=1S/C7H10N2OS/c1-9-4-3-8-7(9)6(10)5-11-2/h3-4H,5H2,1-2H3. The molecule has 0 saturated carbocycles.